The van der Waals surface area contributed by atoms with Crippen LogP contribution in [-0.4, -0.2) is 30.8 Å². The fourth-order valence-electron chi connectivity index (χ4n) is 7.70. The molecular formula is C41H38F12NO2+. The number of hydrogen-bond acceptors (Lipinski definition) is 2. The maximum Gasteiger partial charge on any atom is 0.416 e. The lowest BCUT2D eigenvalue weighted by Gasteiger charge is -2.39. The summed E-state index contributed by atoms with van der Waals surface area (Å²) in [6, 6.07) is 8.37. The van der Waals surface area contributed by atoms with Crippen molar-refractivity contribution < 1.29 is 66.6 Å². The van der Waals surface area contributed by atoms with Crippen LogP contribution in [0.25, 0.3) is 33.4 Å². The van der Waals surface area contributed by atoms with Crippen LogP contribution in [0, 0.1) is 0 Å². The van der Waals surface area contributed by atoms with E-state index in [0.717, 1.165) is 0 Å². The minimum atomic E-state index is -5.14. The highest BCUT2D eigenvalue weighted by molar-refractivity contribution is 5.91. The predicted molar refractivity (Wildman–Crippen MR) is 186 cm³/mol. The molecule has 0 fully saturated rings. The summed E-state index contributed by atoms with van der Waals surface area (Å²) in [5.74, 6) is 0.394. The molecule has 4 aromatic carbocycles. The summed E-state index contributed by atoms with van der Waals surface area (Å²) in [6.07, 6.45) is -17.6. The first-order valence-corrected chi connectivity index (χ1v) is 18.2. The van der Waals surface area contributed by atoms with Gasteiger partial charge in [-0.05, 0) is 83.6 Å². The Bertz CT molecular complexity index is 1870. The van der Waals surface area contributed by atoms with Crippen molar-refractivity contribution in [3.63, 3.8) is 0 Å². The Morgan fingerprint density at radius 2 is 0.839 bits per heavy atom. The largest absolute Gasteiger partial charge is 0.493 e. The van der Waals surface area contributed by atoms with Crippen LogP contribution < -0.4 is 9.47 Å². The van der Waals surface area contributed by atoms with Gasteiger partial charge in [0, 0.05) is 28.7 Å². The van der Waals surface area contributed by atoms with E-state index in [1.54, 1.807) is 0 Å². The average molecular weight is 805 g/mol. The molecule has 0 bridgehead atoms. The van der Waals surface area contributed by atoms with Gasteiger partial charge < -0.3 is 14.0 Å². The molecule has 2 heterocycles. The van der Waals surface area contributed by atoms with E-state index in [4.69, 9.17) is 9.47 Å². The minimum Gasteiger partial charge on any atom is -0.493 e. The number of hydrogen-bond donors (Lipinski definition) is 0. The normalized spacial score (nSPS) is 15.8. The molecule has 302 valence electrons. The van der Waals surface area contributed by atoms with E-state index in [0.29, 0.717) is 80.6 Å². The molecule has 2 aliphatic rings. The van der Waals surface area contributed by atoms with Gasteiger partial charge in [-0.1, -0.05) is 38.8 Å². The second kappa shape index (κ2) is 15.2. The molecule has 2 aliphatic heterocycles. The first kappa shape index (κ1) is 41.2. The third-order valence-corrected chi connectivity index (χ3v) is 10.4. The molecule has 56 heavy (non-hydrogen) atoms. The van der Waals surface area contributed by atoms with Gasteiger partial charge in [0.15, 0.2) is 0 Å². The Morgan fingerprint density at radius 1 is 0.500 bits per heavy atom. The lowest BCUT2D eigenvalue weighted by molar-refractivity contribution is -0.953. The molecule has 4 aromatic rings. The number of unbranched alkanes of at least 4 members (excludes halogenated alkanes) is 2. The molecular weight excluding hydrogens is 766 g/mol. The number of nitrogens with zero attached hydrogens (tertiary/aromatic N) is 1. The third-order valence-electron chi connectivity index (χ3n) is 10.4. The van der Waals surface area contributed by atoms with Crippen molar-refractivity contribution in [1.29, 1.82) is 0 Å². The second-order valence-electron chi connectivity index (χ2n) is 14.4. The van der Waals surface area contributed by atoms with Gasteiger partial charge in [0.05, 0.1) is 48.6 Å². The number of ether oxygens (including phenoxy) is 2. The third kappa shape index (κ3) is 8.47. The Hall–Kier alpha value is -4.40. The van der Waals surface area contributed by atoms with Crippen molar-refractivity contribution >= 4 is 0 Å². The first-order valence-electron chi connectivity index (χ1n) is 18.2. The Kier molecular flexibility index (Phi) is 11.2. The summed E-state index contributed by atoms with van der Waals surface area (Å²) in [7, 11) is 0. The lowest BCUT2D eigenvalue weighted by Crippen LogP contribution is -2.47. The van der Waals surface area contributed by atoms with E-state index in [1.807, 2.05) is 13.8 Å². The van der Waals surface area contributed by atoms with Crippen molar-refractivity contribution in [2.75, 3.05) is 26.3 Å². The van der Waals surface area contributed by atoms with Gasteiger partial charge in [-0.2, -0.15) is 52.7 Å². The topological polar surface area (TPSA) is 18.5 Å². The Labute approximate surface area is 315 Å². The van der Waals surface area contributed by atoms with Crippen molar-refractivity contribution in [2.24, 2.45) is 0 Å². The van der Waals surface area contributed by atoms with Crippen LogP contribution in [0.1, 0.15) is 79.3 Å². The summed E-state index contributed by atoms with van der Waals surface area (Å²) in [5.41, 5.74) is -5.58. The van der Waals surface area contributed by atoms with Crippen LogP contribution in [0.4, 0.5) is 52.7 Å². The number of quaternary nitrogens is 1. The van der Waals surface area contributed by atoms with E-state index in [1.165, 1.54) is 24.3 Å². The Balaban J connectivity index is 1.77. The second-order valence-corrected chi connectivity index (χ2v) is 14.4. The highest BCUT2D eigenvalue weighted by Gasteiger charge is 2.42. The average Bonchev–Trinajstić information content (AvgIpc) is 3.19. The maximum absolute atomic E-state index is 14.2. The number of benzene rings is 4. The van der Waals surface area contributed by atoms with Crippen LogP contribution >= 0.6 is 0 Å². The summed E-state index contributed by atoms with van der Waals surface area (Å²) in [4.78, 5) is 0. The molecule has 0 unspecified atom stereocenters. The van der Waals surface area contributed by atoms with Crippen molar-refractivity contribution in [1.82, 2.24) is 0 Å². The minimum absolute atomic E-state index is 0.0429. The fraction of sp³-hybridized carbons (Fsp3) is 0.415. The van der Waals surface area contributed by atoms with Crippen LogP contribution in [0.3, 0.4) is 0 Å². The predicted octanol–water partition coefficient (Wildman–Crippen LogP) is 13.4. The molecule has 0 radical (unpaired) electrons. The van der Waals surface area contributed by atoms with E-state index in [2.05, 4.69) is 0 Å². The molecule has 6 rings (SSSR count). The first-order chi connectivity index (χ1) is 26.1. The van der Waals surface area contributed by atoms with Gasteiger partial charge in [-0.3, -0.25) is 0 Å². The van der Waals surface area contributed by atoms with Gasteiger partial charge in [0.2, 0.25) is 0 Å². The lowest BCUT2D eigenvalue weighted by atomic mass is 9.85. The zero-order chi connectivity index (χ0) is 40.8. The number of halogens is 12. The molecule has 0 saturated heterocycles. The molecule has 0 amide bonds. The fourth-order valence-corrected chi connectivity index (χ4v) is 7.70. The van der Waals surface area contributed by atoms with Gasteiger partial charge in [0.1, 0.15) is 24.6 Å². The standard InChI is InChI=1S/C41H38F12NO2/c1-3-5-12-54(13-6-4-2)22-32-30(24-16-26(38(42,43)44)20-27(17-24)39(45,46)47)8-10-34-36(32)37-33(23-54)31(9-11-35(37)56-15-7-14-55-34)25-18-28(40(48,49)50)21-29(19-25)41(51,52)53/h8-11,16-21H,3-7,12-15,22-23H2,1-2H3/q+1. The molecule has 0 aromatic heterocycles. The highest BCUT2D eigenvalue weighted by Crippen LogP contribution is 2.53. The zero-order valence-corrected chi connectivity index (χ0v) is 30.4. The molecule has 0 atom stereocenters. The molecule has 15 heteroatoms. The summed E-state index contributed by atoms with van der Waals surface area (Å²) >= 11 is 0. The van der Waals surface area contributed by atoms with Crippen molar-refractivity contribution in [2.45, 2.75) is 83.7 Å². The van der Waals surface area contributed by atoms with Gasteiger partial charge >= 0.3 is 24.7 Å². The zero-order valence-electron chi connectivity index (χ0n) is 30.4. The highest BCUT2D eigenvalue weighted by atomic mass is 19.4. The number of alkyl halides is 12. The Morgan fingerprint density at radius 3 is 1.14 bits per heavy atom. The van der Waals surface area contributed by atoms with Crippen LogP contribution in [0.15, 0.2) is 60.7 Å². The van der Waals surface area contributed by atoms with Crippen LogP contribution in [0.2, 0.25) is 0 Å². The van der Waals surface area contributed by atoms with Crippen molar-refractivity contribution in [3.05, 3.63) is 94.0 Å². The van der Waals surface area contributed by atoms with Gasteiger partial charge in [-0.25, -0.2) is 0 Å². The smallest absolute Gasteiger partial charge is 0.416 e. The molecule has 0 N–H and O–H groups in total. The summed E-state index contributed by atoms with van der Waals surface area (Å²) < 4.78 is 183. The summed E-state index contributed by atoms with van der Waals surface area (Å²) in [6.45, 7) is 5.00. The summed E-state index contributed by atoms with van der Waals surface area (Å²) in [5, 5.41) is 0. The molecule has 0 saturated carbocycles. The molecule has 3 nitrogen and oxygen atoms in total. The molecule has 0 aliphatic carbocycles. The van der Waals surface area contributed by atoms with E-state index >= 15 is 0 Å². The van der Waals surface area contributed by atoms with Crippen LogP contribution in [-0.2, 0) is 37.8 Å². The van der Waals surface area contributed by atoms with E-state index < -0.39 is 47.0 Å². The van der Waals surface area contributed by atoms with Gasteiger partial charge in [-0.15, -0.1) is 0 Å². The monoisotopic (exact) mass is 804 g/mol. The molecule has 0 spiro atoms. The SMILES string of the molecule is CCCC[N+]1(CCCC)Cc2c(-c3cc(C(F)(F)F)cc(C(F)(F)F)c3)ccc3c2-c2c(ccc(-c4cc(C(F)(F)F)cc(C(F)(F)F)c4)c2C1)OCCCO3. The van der Waals surface area contributed by atoms with E-state index in [9.17, 15) is 52.7 Å². The van der Waals surface area contributed by atoms with Crippen LogP contribution in [0.5, 0.6) is 11.5 Å². The van der Waals surface area contributed by atoms with Crippen molar-refractivity contribution in [3.8, 4) is 44.9 Å². The number of rotatable bonds is 8. The van der Waals surface area contributed by atoms with Gasteiger partial charge in [0.25, 0.3) is 0 Å². The quantitative estimate of drug-likeness (QED) is 0.130. The maximum atomic E-state index is 14.2. The van der Waals surface area contributed by atoms with E-state index in [-0.39, 0.29) is 87.8 Å².